The minimum absolute atomic E-state index is 0.274. The number of hydrogen-bond acceptors (Lipinski definition) is 8. The van der Waals surface area contributed by atoms with Crippen LogP contribution in [0.3, 0.4) is 0 Å². The molecule has 9 heteroatoms. The van der Waals surface area contributed by atoms with Crippen LogP contribution in [0.5, 0.6) is 0 Å². The van der Waals surface area contributed by atoms with Crippen LogP contribution in [0.25, 0.3) is 17.2 Å². The van der Waals surface area contributed by atoms with E-state index < -0.39 is 0 Å². The van der Waals surface area contributed by atoms with E-state index >= 15 is 0 Å². The van der Waals surface area contributed by atoms with Crippen LogP contribution in [0.1, 0.15) is 50.1 Å². The summed E-state index contributed by atoms with van der Waals surface area (Å²) in [4.78, 5) is 20.2. The molecule has 0 radical (unpaired) electrons. The summed E-state index contributed by atoms with van der Waals surface area (Å²) in [7, 11) is 0. The lowest BCUT2D eigenvalue weighted by Crippen LogP contribution is -2.36. The zero-order valence-electron chi connectivity index (χ0n) is 17.5. The Morgan fingerprint density at radius 3 is 2.94 bits per heavy atom. The molecule has 0 unspecified atom stereocenters. The van der Waals surface area contributed by atoms with Crippen molar-refractivity contribution < 1.29 is 4.52 Å². The van der Waals surface area contributed by atoms with Gasteiger partial charge in [-0.25, -0.2) is 4.98 Å². The third-order valence-electron chi connectivity index (χ3n) is 6.72. The van der Waals surface area contributed by atoms with Crippen LogP contribution in [0.15, 0.2) is 41.4 Å². The summed E-state index contributed by atoms with van der Waals surface area (Å²) in [6.07, 6.45) is 10.4. The number of hydrogen-bond donors (Lipinski definition) is 0. The van der Waals surface area contributed by atoms with Crippen molar-refractivity contribution in [3.8, 4) is 11.4 Å². The van der Waals surface area contributed by atoms with Gasteiger partial charge >= 0.3 is 0 Å². The molecule has 31 heavy (non-hydrogen) atoms. The van der Waals surface area contributed by atoms with Crippen molar-refractivity contribution in [2.24, 2.45) is 5.41 Å². The van der Waals surface area contributed by atoms with Gasteiger partial charge in [-0.3, -0.25) is 4.98 Å². The van der Waals surface area contributed by atoms with Crippen LogP contribution in [0, 0.1) is 5.41 Å². The summed E-state index contributed by atoms with van der Waals surface area (Å²) in [5.41, 5.74) is 2.24. The standard InChI is InChI=1S/C22H24N8O/c1-2-4-16-11-18(30-21(26-16)24-14-25-30)29-9-6-22(7-10-29)12-17(22)20-27-19(28-31-20)15-5-3-8-23-13-15/h3,5,8,11,13-14,17H,2,4,6-7,9-10,12H2,1H3/t17-/m1/s1. The average Bonchev–Trinajstić information content (AvgIpc) is 3.16. The summed E-state index contributed by atoms with van der Waals surface area (Å²) in [5.74, 6) is 3.51. The second-order valence-corrected chi connectivity index (χ2v) is 8.63. The van der Waals surface area contributed by atoms with E-state index in [-0.39, 0.29) is 5.41 Å². The molecule has 1 atom stereocenters. The van der Waals surface area contributed by atoms with Gasteiger partial charge in [-0.1, -0.05) is 18.5 Å². The van der Waals surface area contributed by atoms with E-state index in [0.717, 1.165) is 68.2 Å². The van der Waals surface area contributed by atoms with Crippen LogP contribution in [-0.2, 0) is 6.42 Å². The van der Waals surface area contributed by atoms with Gasteiger partial charge in [0.1, 0.15) is 12.1 Å². The minimum Gasteiger partial charge on any atom is -0.356 e. The first-order chi connectivity index (χ1) is 15.3. The average molecular weight is 416 g/mol. The number of pyridine rings is 1. The first kappa shape index (κ1) is 18.4. The molecule has 1 saturated carbocycles. The number of aromatic nitrogens is 7. The van der Waals surface area contributed by atoms with Gasteiger partial charge in [0.2, 0.25) is 11.7 Å². The fourth-order valence-electron chi connectivity index (χ4n) is 4.87. The van der Waals surface area contributed by atoms with Gasteiger partial charge in [-0.05, 0) is 43.2 Å². The van der Waals surface area contributed by atoms with Gasteiger partial charge in [0.05, 0.1) is 0 Å². The van der Waals surface area contributed by atoms with Crippen LogP contribution >= 0.6 is 0 Å². The first-order valence-corrected chi connectivity index (χ1v) is 10.9. The Kier molecular flexibility index (Phi) is 4.22. The minimum atomic E-state index is 0.274. The van der Waals surface area contributed by atoms with E-state index in [0.29, 0.717) is 17.5 Å². The molecule has 6 rings (SSSR count). The number of rotatable bonds is 5. The summed E-state index contributed by atoms with van der Waals surface area (Å²) in [6, 6.07) is 6.01. The number of aryl methyl sites for hydroxylation is 1. The predicted octanol–water partition coefficient (Wildman–Crippen LogP) is 3.30. The molecule has 5 heterocycles. The fourth-order valence-corrected chi connectivity index (χ4v) is 4.87. The molecular formula is C22H24N8O. The predicted molar refractivity (Wildman–Crippen MR) is 114 cm³/mol. The highest BCUT2D eigenvalue weighted by atomic mass is 16.5. The summed E-state index contributed by atoms with van der Waals surface area (Å²) in [5, 5.41) is 8.59. The van der Waals surface area contributed by atoms with Gasteiger partial charge in [0.25, 0.3) is 5.78 Å². The van der Waals surface area contributed by atoms with E-state index in [2.05, 4.69) is 48.1 Å². The van der Waals surface area contributed by atoms with E-state index in [1.807, 2.05) is 16.6 Å². The highest BCUT2D eigenvalue weighted by Gasteiger charge is 2.58. The maximum Gasteiger partial charge on any atom is 0.254 e. The van der Waals surface area contributed by atoms with Gasteiger partial charge in [0, 0.05) is 48.7 Å². The van der Waals surface area contributed by atoms with Crippen LogP contribution in [0.4, 0.5) is 5.82 Å². The van der Waals surface area contributed by atoms with E-state index in [1.165, 1.54) is 0 Å². The van der Waals surface area contributed by atoms with Crippen molar-refractivity contribution in [3.05, 3.63) is 48.5 Å². The largest absolute Gasteiger partial charge is 0.356 e. The first-order valence-electron chi connectivity index (χ1n) is 10.9. The maximum absolute atomic E-state index is 5.64. The lowest BCUT2D eigenvalue weighted by atomic mass is 9.90. The van der Waals surface area contributed by atoms with Crippen LogP contribution in [-0.4, -0.2) is 47.8 Å². The molecule has 0 amide bonds. The van der Waals surface area contributed by atoms with Gasteiger partial charge in [-0.15, -0.1) is 0 Å². The van der Waals surface area contributed by atoms with Crippen molar-refractivity contribution >= 4 is 11.6 Å². The quantitative estimate of drug-likeness (QED) is 0.489. The number of anilines is 1. The smallest absolute Gasteiger partial charge is 0.254 e. The van der Waals surface area contributed by atoms with Gasteiger partial charge in [0.15, 0.2) is 0 Å². The topological polar surface area (TPSA) is 98.1 Å². The number of nitrogens with zero attached hydrogens (tertiary/aromatic N) is 8. The molecule has 4 aromatic rings. The zero-order chi connectivity index (χ0) is 20.8. The molecule has 0 bridgehead atoms. The van der Waals surface area contributed by atoms with Gasteiger partial charge < -0.3 is 9.42 Å². The van der Waals surface area contributed by atoms with Crippen molar-refractivity contribution in [1.82, 2.24) is 34.7 Å². The Morgan fingerprint density at radius 1 is 1.23 bits per heavy atom. The molecular weight excluding hydrogens is 392 g/mol. The summed E-state index contributed by atoms with van der Waals surface area (Å²) < 4.78 is 7.50. The molecule has 4 aromatic heterocycles. The monoisotopic (exact) mass is 416 g/mol. The summed E-state index contributed by atoms with van der Waals surface area (Å²) >= 11 is 0. The van der Waals surface area contributed by atoms with Crippen LogP contribution in [0.2, 0.25) is 0 Å². The maximum atomic E-state index is 5.64. The Morgan fingerprint density at radius 2 is 2.13 bits per heavy atom. The lowest BCUT2D eigenvalue weighted by Gasteiger charge is -2.34. The van der Waals surface area contributed by atoms with Crippen molar-refractivity contribution in [3.63, 3.8) is 0 Å². The van der Waals surface area contributed by atoms with E-state index in [4.69, 9.17) is 4.52 Å². The van der Waals surface area contributed by atoms with E-state index in [9.17, 15) is 0 Å². The normalized spacial score (nSPS) is 19.9. The molecule has 1 saturated heterocycles. The second-order valence-electron chi connectivity index (χ2n) is 8.63. The van der Waals surface area contributed by atoms with Crippen molar-refractivity contribution in [1.29, 1.82) is 0 Å². The third kappa shape index (κ3) is 3.15. The highest BCUT2D eigenvalue weighted by Crippen LogP contribution is 2.64. The molecule has 9 nitrogen and oxygen atoms in total. The fraction of sp³-hybridized carbons (Fsp3) is 0.455. The number of piperidine rings is 1. The van der Waals surface area contributed by atoms with E-state index in [1.54, 1.807) is 18.7 Å². The Bertz CT molecular complexity index is 1210. The second kappa shape index (κ2) is 7.11. The molecule has 1 spiro atoms. The molecule has 158 valence electrons. The van der Waals surface area contributed by atoms with Crippen LogP contribution < -0.4 is 4.90 Å². The molecule has 0 aromatic carbocycles. The Hall–Kier alpha value is -3.36. The SMILES string of the molecule is CCCc1cc(N2CCC3(CC2)C[C@@H]3c2nc(-c3cccnc3)no2)n2ncnc2n1. The Balaban J connectivity index is 1.18. The van der Waals surface area contributed by atoms with Gasteiger partial charge in [-0.2, -0.15) is 19.6 Å². The highest BCUT2D eigenvalue weighted by molar-refractivity contribution is 5.52. The number of fused-ring (bicyclic) bond motifs is 1. The zero-order valence-corrected chi connectivity index (χ0v) is 17.5. The summed E-state index contributed by atoms with van der Waals surface area (Å²) in [6.45, 7) is 4.12. The molecule has 1 aliphatic carbocycles. The third-order valence-corrected chi connectivity index (χ3v) is 6.72. The molecule has 0 N–H and O–H groups in total. The lowest BCUT2D eigenvalue weighted by molar-refractivity contribution is 0.325. The molecule has 2 aliphatic rings. The van der Waals surface area contributed by atoms with Crippen molar-refractivity contribution in [2.75, 3.05) is 18.0 Å². The molecule has 1 aliphatic heterocycles. The van der Waals surface area contributed by atoms with Crippen molar-refractivity contribution in [2.45, 2.75) is 44.9 Å². The molecule has 2 fully saturated rings. The Labute approximate surface area is 179 Å².